The van der Waals surface area contributed by atoms with Gasteiger partial charge in [0.05, 0.1) is 33.9 Å². The van der Waals surface area contributed by atoms with Crippen molar-refractivity contribution in [3.8, 4) is 5.75 Å². The standard InChI is InChI=1S/C33H36ClN3O5S/c1-3-42-23-14-12-22(13-15-23)35-18-7-11-25-26(30(35)39)27-31(40)37(17-4-5-20-38)29-32(41)36(19-8-16-33(27,29)43-25)28-21(2)9-6-10-24(28)34/h6-16,25-27,29,38H,3-5,17-20H2,1-2H3/t25-,26+,27-,29?,33-/m0/s1. The fourth-order valence-corrected chi connectivity index (χ4v) is 9.39. The molecule has 1 N–H and O–H groups in total. The zero-order valence-electron chi connectivity index (χ0n) is 24.3. The number of benzene rings is 2. The van der Waals surface area contributed by atoms with Crippen LogP contribution in [0.3, 0.4) is 0 Å². The second kappa shape index (κ2) is 12.0. The quantitative estimate of drug-likeness (QED) is 0.342. The van der Waals surface area contributed by atoms with E-state index in [-0.39, 0.29) is 29.6 Å². The lowest BCUT2D eigenvalue weighted by atomic mass is 9.78. The van der Waals surface area contributed by atoms with Gasteiger partial charge in [0.25, 0.3) is 5.91 Å². The number of aryl methyl sites for hydroxylation is 1. The van der Waals surface area contributed by atoms with Gasteiger partial charge in [0.2, 0.25) is 11.8 Å². The molecule has 0 aromatic heterocycles. The number of hydrogen-bond acceptors (Lipinski definition) is 6. The number of unbranched alkanes of at least 4 members (excludes halogenated alkanes) is 1. The Morgan fingerprint density at radius 2 is 1.77 bits per heavy atom. The highest BCUT2D eigenvalue weighted by Gasteiger charge is 2.71. The third kappa shape index (κ3) is 4.95. The van der Waals surface area contributed by atoms with E-state index in [1.54, 1.807) is 32.5 Å². The van der Waals surface area contributed by atoms with Gasteiger partial charge in [-0.05, 0) is 62.6 Å². The maximum absolute atomic E-state index is 14.6. The Balaban J connectivity index is 1.41. The Kier molecular flexibility index (Phi) is 8.33. The summed E-state index contributed by atoms with van der Waals surface area (Å²) in [5.74, 6) is -1.14. The van der Waals surface area contributed by atoms with Crippen LogP contribution in [0.2, 0.25) is 5.02 Å². The van der Waals surface area contributed by atoms with E-state index in [2.05, 4.69) is 0 Å². The summed E-state index contributed by atoms with van der Waals surface area (Å²) in [6, 6.07) is 12.2. The molecule has 6 rings (SSSR count). The molecule has 1 unspecified atom stereocenters. The topological polar surface area (TPSA) is 90.4 Å². The maximum atomic E-state index is 14.6. The van der Waals surface area contributed by atoms with Gasteiger partial charge in [-0.1, -0.05) is 48.0 Å². The molecule has 2 fully saturated rings. The molecule has 0 radical (unpaired) electrons. The summed E-state index contributed by atoms with van der Waals surface area (Å²) < 4.78 is 4.67. The number of amides is 3. The van der Waals surface area contributed by atoms with Gasteiger partial charge in [0.1, 0.15) is 11.8 Å². The first-order chi connectivity index (χ1) is 20.8. The van der Waals surface area contributed by atoms with Crippen LogP contribution < -0.4 is 14.5 Å². The van der Waals surface area contributed by atoms with E-state index in [1.165, 1.54) is 0 Å². The second-order valence-corrected chi connectivity index (χ2v) is 13.3. The van der Waals surface area contributed by atoms with Crippen molar-refractivity contribution in [1.29, 1.82) is 0 Å². The van der Waals surface area contributed by atoms with Crippen molar-refractivity contribution in [3.63, 3.8) is 0 Å². The first kappa shape index (κ1) is 29.8. The smallest absolute Gasteiger partial charge is 0.251 e. The summed E-state index contributed by atoms with van der Waals surface area (Å²) in [4.78, 5) is 48.6. The van der Waals surface area contributed by atoms with E-state index in [0.29, 0.717) is 49.8 Å². The molecule has 4 aliphatic heterocycles. The number of hydrogen-bond donors (Lipinski definition) is 1. The van der Waals surface area contributed by atoms with Crippen LogP contribution in [0.25, 0.3) is 0 Å². The molecular weight excluding hydrogens is 586 g/mol. The van der Waals surface area contributed by atoms with Crippen LogP contribution in [-0.2, 0) is 14.4 Å². The minimum atomic E-state index is -0.922. The molecule has 226 valence electrons. The van der Waals surface area contributed by atoms with Crippen LogP contribution in [0.1, 0.15) is 25.3 Å². The SMILES string of the molecule is CCOc1ccc(N2CC=C[C@@H]3S[C@]45C=CCN(c6c(C)cccc6Cl)C(=O)C4N(CCCCO)C(=O)[C@@H]5[C@@H]3C2=O)cc1. The normalized spacial score (nSPS) is 28.1. The number of carbonyl (C=O) groups excluding carboxylic acids is 3. The van der Waals surface area contributed by atoms with Crippen LogP contribution in [-0.4, -0.2) is 76.6 Å². The molecule has 1 spiro atoms. The molecule has 0 bridgehead atoms. The van der Waals surface area contributed by atoms with Gasteiger partial charge in [-0.25, -0.2) is 0 Å². The van der Waals surface area contributed by atoms with Crippen LogP contribution >= 0.6 is 23.4 Å². The van der Waals surface area contributed by atoms with E-state index in [1.807, 2.05) is 74.5 Å². The monoisotopic (exact) mass is 621 g/mol. The average molecular weight is 622 g/mol. The Morgan fingerprint density at radius 1 is 1.00 bits per heavy atom. The van der Waals surface area contributed by atoms with E-state index in [9.17, 15) is 19.5 Å². The number of thioether (sulfide) groups is 1. The van der Waals surface area contributed by atoms with Crippen LogP contribution in [0.5, 0.6) is 5.75 Å². The van der Waals surface area contributed by atoms with Gasteiger partial charge in [-0.2, -0.15) is 0 Å². The molecule has 0 aliphatic carbocycles. The molecule has 43 heavy (non-hydrogen) atoms. The lowest BCUT2D eigenvalue weighted by molar-refractivity contribution is -0.138. The number of likely N-dealkylation sites (tertiary alicyclic amines) is 1. The summed E-state index contributed by atoms with van der Waals surface area (Å²) in [5, 5.41) is 9.69. The Hall–Kier alpha value is -3.27. The number of anilines is 2. The molecular formula is C33H36ClN3O5S. The Morgan fingerprint density at radius 3 is 2.49 bits per heavy atom. The number of ether oxygens (including phenoxy) is 1. The highest BCUT2D eigenvalue weighted by Crippen LogP contribution is 2.61. The predicted molar refractivity (Wildman–Crippen MR) is 170 cm³/mol. The summed E-state index contributed by atoms with van der Waals surface area (Å²) in [6.07, 6.45) is 9.05. The number of fused-ring (bicyclic) bond motifs is 2. The number of halogens is 1. The highest BCUT2D eigenvalue weighted by molar-refractivity contribution is 8.02. The van der Waals surface area contributed by atoms with Crippen LogP contribution in [0.4, 0.5) is 11.4 Å². The Labute approximate surface area is 261 Å². The van der Waals surface area contributed by atoms with Gasteiger partial charge in [0.15, 0.2) is 0 Å². The first-order valence-electron chi connectivity index (χ1n) is 14.9. The lowest BCUT2D eigenvalue weighted by Crippen LogP contribution is -2.53. The predicted octanol–water partition coefficient (Wildman–Crippen LogP) is 4.62. The zero-order chi connectivity index (χ0) is 30.3. The Bertz CT molecular complexity index is 1460. The number of nitrogens with zero attached hydrogens (tertiary/aromatic N) is 3. The fraction of sp³-hybridized carbons (Fsp3) is 0.424. The fourth-order valence-electron chi connectivity index (χ4n) is 7.06. The number of aliphatic hydroxyl groups is 1. The van der Waals surface area contributed by atoms with Crippen molar-refractivity contribution in [2.45, 2.75) is 42.7 Å². The van der Waals surface area contributed by atoms with Crippen LogP contribution in [0, 0.1) is 18.8 Å². The number of rotatable bonds is 8. The molecule has 4 aliphatic rings. The number of para-hydroxylation sites is 1. The molecule has 0 saturated carbocycles. The molecule has 4 heterocycles. The average Bonchev–Trinajstić information content (AvgIpc) is 3.30. The van der Waals surface area contributed by atoms with Gasteiger partial charge >= 0.3 is 0 Å². The minimum Gasteiger partial charge on any atom is -0.494 e. The van der Waals surface area contributed by atoms with Crippen molar-refractivity contribution in [2.75, 3.05) is 42.6 Å². The summed E-state index contributed by atoms with van der Waals surface area (Å²) in [6.45, 7) is 5.42. The van der Waals surface area contributed by atoms with Crippen molar-refractivity contribution < 1.29 is 24.2 Å². The molecule has 8 nitrogen and oxygen atoms in total. The molecule has 10 heteroatoms. The highest BCUT2D eigenvalue weighted by atomic mass is 35.5. The molecule has 5 atom stereocenters. The summed E-state index contributed by atoms with van der Waals surface area (Å²) in [5.41, 5.74) is 2.24. The van der Waals surface area contributed by atoms with E-state index < -0.39 is 22.6 Å². The van der Waals surface area contributed by atoms with Crippen molar-refractivity contribution in [2.24, 2.45) is 11.8 Å². The van der Waals surface area contributed by atoms with E-state index >= 15 is 0 Å². The maximum Gasteiger partial charge on any atom is 0.251 e. The van der Waals surface area contributed by atoms with Crippen LogP contribution in [0.15, 0.2) is 66.8 Å². The van der Waals surface area contributed by atoms with E-state index in [4.69, 9.17) is 16.3 Å². The van der Waals surface area contributed by atoms with Crippen molar-refractivity contribution in [1.82, 2.24) is 4.90 Å². The number of carbonyl (C=O) groups is 3. The molecule has 2 aromatic carbocycles. The second-order valence-electron chi connectivity index (χ2n) is 11.4. The van der Waals surface area contributed by atoms with Crippen molar-refractivity contribution in [3.05, 3.63) is 77.4 Å². The third-order valence-electron chi connectivity index (χ3n) is 8.88. The third-order valence-corrected chi connectivity index (χ3v) is 10.9. The van der Waals surface area contributed by atoms with Gasteiger partial charge < -0.3 is 24.5 Å². The summed E-state index contributed by atoms with van der Waals surface area (Å²) in [7, 11) is 0. The zero-order valence-corrected chi connectivity index (χ0v) is 25.9. The lowest BCUT2D eigenvalue weighted by Gasteiger charge is -2.35. The van der Waals surface area contributed by atoms with Gasteiger partial charge in [-0.3, -0.25) is 14.4 Å². The van der Waals surface area contributed by atoms with Gasteiger partial charge in [0, 0.05) is 37.2 Å². The largest absolute Gasteiger partial charge is 0.494 e. The van der Waals surface area contributed by atoms with Crippen molar-refractivity contribution >= 4 is 52.5 Å². The molecule has 2 aromatic rings. The van der Waals surface area contributed by atoms with Gasteiger partial charge in [-0.15, -0.1) is 11.8 Å². The molecule has 3 amide bonds. The number of aliphatic hydroxyl groups excluding tert-OH is 1. The first-order valence-corrected chi connectivity index (χ1v) is 16.1. The summed E-state index contributed by atoms with van der Waals surface area (Å²) >= 11 is 8.20. The van der Waals surface area contributed by atoms with E-state index in [0.717, 1.165) is 17.0 Å². The molecule has 2 saturated heterocycles. The minimum absolute atomic E-state index is 0.000162.